The predicted molar refractivity (Wildman–Crippen MR) is 156 cm³/mol. The summed E-state index contributed by atoms with van der Waals surface area (Å²) in [5, 5.41) is 3.59. The zero-order valence-electron chi connectivity index (χ0n) is 22.7. The molecule has 7 rings (SSSR count). The van der Waals surface area contributed by atoms with Crippen LogP contribution in [0.5, 0.6) is 0 Å². The van der Waals surface area contributed by atoms with Crippen LogP contribution in [0.4, 0.5) is 11.5 Å². The van der Waals surface area contributed by atoms with E-state index in [2.05, 4.69) is 21.9 Å². The van der Waals surface area contributed by atoms with E-state index in [9.17, 15) is 9.59 Å². The number of nitrogens with zero attached hydrogens (tertiary/aromatic N) is 4. The second kappa shape index (κ2) is 10.2. The quantitative estimate of drug-likeness (QED) is 0.359. The number of nitrogens with one attached hydrogen (secondary N) is 1. The van der Waals surface area contributed by atoms with Gasteiger partial charge >= 0.3 is 0 Å². The van der Waals surface area contributed by atoms with Gasteiger partial charge in [-0.3, -0.25) is 9.59 Å². The number of carbonyl (C=O) groups is 2. The molecule has 2 unspecified atom stereocenters. The number of amides is 2. The first-order chi connectivity index (χ1) is 19.3. The Morgan fingerprint density at radius 1 is 1.02 bits per heavy atom. The molecular formula is C31H32N6O3. The van der Waals surface area contributed by atoms with Crippen LogP contribution < -0.4 is 11.1 Å². The summed E-state index contributed by atoms with van der Waals surface area (Å²) >= 11 is 0. The van der Waals surface area contributed by atoms with Crippen molar-refractivity contribution in [3.05, 3.63) is 72.6 Å². The average Bonchev–Trinajstić information content (AvgIpc) is 3.10. The number of fused-ring (bicyclic) bond motifs is 5. The highest BCUT2D eigenvalue weighted by Crippen LogP contribution is 2.42. The molecular weight excluding hydrogens is 504 g/mol. The minimum Gasteiger partial charge on any atom is -0.383 e. The van der Waals surface area contributed by atoms with Gasteiger partial charge in [-0.1, -0.05) is 30.8 Å². The second-order valence-corrected chi connectivity index (χ2v) is 10.7. The number of nitrogens with two attached hydrogens (primary N) is 1. The molecule has 9 nitrogen and oxygen atoms in total. The molecule has 3 aliphatic heterocycles. The van der Waals surface area contributed by atoms with Crippen LogP contribution in [-0.4, -0.2) is 57.0 Å². The van der Waals surface area contributed by atoms with Crippen molar-refractivity contribution in [1.82, 2.24) is 19.4 Å². The molecule has 3 saturated heterocycles. The van der Waals surface area contributed by atoms with E-state index in [1.807, 2.05) is 65.0 Å². The Labute approximate surface area is 232 Å². The molecule has 2 bridgehead atoms. The molecule has 204 valence electrons. The number of hydrogen-bond acceptors (Lipinski definition) is 6. The van der Waals surface area contributed by atoms with Crippen LogP contribution in [0.25, 0.3) is 33.4 Å². The topological polar surface area (TPSA) is 115 Å². The fraction of sp³-hybridized carbons (Fsp3) is 0.290. The molecule has 3 fully saturated rings. The fourth-order valence-electron chi connectivity index (χ4n) is 5.75. The summed E-state index contributed by atoms with van der Waals surface area (Å²) in [4.78, 5) is 36.2. The Hall–Kier alpha value is -4.50. The van der Waals surface area contributed by atoms with Gasteiger partial charge in [0.2, 0.25) is 0 Å². The highest BCUT2D eigenvalue weighted by molar-refractivity contribution is 6.08. The van der Waals surface area contributed by atoms with E-state index >= 15 is 0 Å². The third kappa shape index (κ3) is 4.62. The van der Waals surface area contributed by atoms with E-state index in [1.54, 1.807) is 6.92 Å². The molecule has 5 heterocycles. The van der Waals surface area contributed by atoms with Gasteiger partial charge in [-0.25, -0.2) is 9.97 Å². The highest BCUT2D eigenvalue weighted by atomic mass is 16.5. The normalized spacial score (nSPS) is 18.5. The molecule has 0 radical (unpaired) electrons. The molecule has 2 aromatic carbocycles. The molecule has 2 atom stereocenters. The average molecular weight is 537 g/mol. The van der Waals surface area contributed by atoms with Crippen LogP contribution in [0.15, 0.2) is 67.0 Å². The van der Waals surface area contributed by atoms with Crippen LogP contribution >= 0.6 is 0 Å². The van der Waals surface area contributed by atoms with Crippen molar-refractivity contribution in [2.24, 2.45) is 13.0 Å². The first kappa shape index (κ1) is 25.8. The van der Waals surface area contributed by atoms with Crippen molar-refractivity contribution in [2.45, 2.75) is 25.9 Å². The van der Waals surface area contributed by atoms with E-state index in [-0.39, 0.29) is 17.9 Å². The first-order valence-electron chi connectivity index (χ1n) is 13.5. The molecule has 3 N–H and O–H groups in total. The first-order valence-corrected chi connectivity index (χ1v) is 13.5. The Kier molecular flexibility index (Phi) is 6.59. The van der Waals surface area contributed by atoms with Gasteiger partial charge in [-0.2, -0.15) is 0 Å². The van der Waals surface area contributed by atoms with Gasteiger partial charge in [0, 0.05) is 48.4 Å². The van der Waals surface area contributed by atoms with Crippen molar-refractivity contribution < 1.29 is 14.3 Å². The summed E-state index contributed by atoms with van der Waals surface area (Å²) in [7, 11) is 1.94. The van der Waals surface area contributed by atoms with Crippen LogP contribution in [0.2, 0.25) is 0 Å². The number of aromatic nitrogens is 3. The predicted octanol–water partition coefficient (Wildman–Crippen LogP) is 4.65. The number of rotatable bonds is 5. The Morgan fingerprint density at radius 2 is 1.75 bits per heavy atom. The molecule has 0 saturated carbocycles. The van der Waals surface area contributed by atoms with Gasteiger partial charge in [-0.15, -0.1) is 0 Å². The number of carbonyl (C=O) groups excluding carboxylic acids is 2. The van der Waals surface area contributed by atoms with E-state index in [0.29, 0.717) is 40.8 Å². The summed E-state index contributed by atoms with van der Waals surface area (Å²) in [6.45, 7) is 7.48. The molecule has 0 aliphatic carbocycles. The lowest BCUT2D eigenvalue weighted by molar-refractivity contribution is -0.112. The summed E-state index contributed by atoms with van der Waals surface area (Å²) in [5.74, 6) is 0.592. The van der Waals surface area contributed by atoms with E-state index in [0.717, 1.165) is 53.8 Å². The third-order valence-electron chi connectivity index (χ3n) is 7.88. The molecule has 0 spiro atoms. The van der Waals surface area contributed by atoms with Gasteiger partial charge in [0.25, 0.3) is 11.8 Å². The number of aryl methyl sites for hydroxylation is 1. The second-order valence-electron chi connectivity index (χ2n) is 10.7. The van der Waals surface area contributed by atoms with Crippen LogP contribution in [0.1, 0.15) is 30.1 Å². The Bertz CT molecular complexity index is 1600. The largest absolute Gasteiger partial charge is 0.383 e. The summed E-state index contributed by atoms with van der Waals surface area (Å²) < 4.78 is 7.89. The Morgan fingerprint density at radius 3 is 2.42 bits per heavy atom. The molecule has 2 aromatic heterocycles. The van der Waals surface area contributed by atoms with Gasteiger partial charge in [0.05, 0.1) is 23.8 Å². The molecule has 4 aromatic rings. The Balaban J connectivity index is 1.37. The van der Waals surface area contributed by atoms with Crippen molar-refractivity contribution in [2.75, 3.05) is 30.7 Å². The van der Waals surface area contributed by atoms with E-state index in [1.165, 1.54) is 6.33 Å². The zero-order valence-corrected chi connectivity index (χ0v) is 22.7. The van der Waals surface area contributed by atoms with Crippen LogP contribution in [0, 0.1) is 5.92 Å². The van der Waals surface area contributed by atoms with Crippen molar-refractivity contribution in [3.8, 4) is 22.4 Å². The van der Waals surface area contributed by atoms with Crippen molar-refractivity contribution >= 4 is 34.4 Å². The number of anilines is 2. The summed E-state index contributed by atoms with van der Waals surface area (Å²) in [6.07, 6.45) is 3.72. The van der Waals surface area contributed by atoms with Gasteiger partial charge < -0.3 is 25.3 Å². The maximum absolute atomic E-state index is 13.4. The number of nitrogen functional groups attached to an aromatic ring is 1. The fourth-order valence-corrected chi connectivity index (χ4v) is 5.75. The van der Waals surface area contributed by atoms with Gasteiger partial charge in [0.1, 0.15) is 17.8 Å². The van der Waals surface area contributed by atoms with Crippen LogP contribution in [-0.2, 0) is 16.6 Å². The van der Waals surface area contributed by atoms with E-state index < -0.39 is 0 Å². The lowest BCUT2D eigenvalue weighted by Gasteiger charge is -2.22. The maximum Gasteiger partial charge on any atom is 0.253 e. The van der Waals surface area contributed by atoms with E-state index in [4.69, 9.17) is 10.5 Å². The smallest absolute Gasteiger partial charge is 0.253 e. The summed E-state index contributed by atoms with van der Waals surface area (Å²) in [6, 6.07) is 15.3. The van der Waals surface area contributed by atoms with Crippen LogP contribution in [0.3, 0.4) is 0 Å². The lowest BCUT2D eigenvalue weighted by atomic mass is 9.97. The minimum absolute atomic E-state index is 0.0299. The monoisotopic (exact) mass is 536 g/mol. The number of hydrogen-bond donors (Lipinski definition) is 2. The molecule has 9 heteroatoms. The van der Waals surface area contributed by atoms with Crippen molar-refractivity contribution in [1.29, 1.82) is 0 Å². The third-order valence-corrected chi connectivity index (χ3v) is 7.88. The van der Waals surface area contributed by atoms with Crippen molar-refractivity contribution in [3.63, 3.8) is 0 Å². The SMILES string of the molecule is C=C(C)C(=O)Nc1ccc(-c2c(-c3ccc(C(=O)N4CC5CCC(C4)OC5)cc3)c3c(N)ncnc3n2C)cc1. The molecule has 2 amide bonds. The maximum atomic E-state index is 13.4. The number of benzene rings is 2. The van der Waals surface area contributed by atoms with Gasteiger partial charge in [-0.05, 0) is 55.2 Å². The van der Waals surface area contributed by atoms with Gasteiger partial charge in [0.15, 0.2) is 0 Å². The minimum atomic E-state index is -0.226. The number of ether oxygens (including phenoxy) is 1. The molecule has 3 aliphatic rings. The highest BCUT2D eigenvalue weighted by Gasteiger charge is 2.32. The standard InChI is InChI=1S/C31H32N6O3/c1-18(2)30(38)35-23-11-9-21(10-12-23)27-25(26-28(32)33-17-34-29(26)36(27)3)20-5-7-22(8-6-20)31(39)37-14-19-4-13-24(15-37)40-16-19/h5-12,17,19,24H,1,4,13-16H2,2-3H3,(H,35,38)(H2,32,33,34). The zero-order chi connectivity index (χ0) is 28.0. The molecule has 40 heavy (non-hydrogen) atoms. The summed E-state index contributed by atoms with van der Waals surface area (Å²) in [5.41, 5.74) is 12.5. The lowest BCUT2D eigenvalue weighted by Crippen LogP contribution is -2.36.